The van der Waals surface area contributed by atoms with Gasteiger partial charge in [-0.25, -0.2) is 4.57 Å². The van der Waals surface area contributed by atoms with Gasteiger partial charge < -0.3 is 9.05 Å². The van der Waals surface area contributed by atoms with Crippen molar-refractivity contribution in [1.82, 2.24) is 0 Å². The van der Waals surface area contributed by atoms with Crippen molar-refractivity contribution in [3.63, 3.8) is 0 Å². The number of hydrogen-bond acceptors (Lipinski definition) is 3. The zero-order chi connectivity index (χ0) is 11.2. The van der Waals surface area contributed by atoms with Crippen molar-refractivity contribution in [3.8, 4) is 11.5 Å². The van der Waals surface area contributed by atoms with Crippen LogP contribution in [0, 0.1) is 0 Å². The van der Waals surface area contributed by atoms with Crippen molar-refractivity contribution in [3.05, 3.63) is 60.7 Å². The summed E-state index contributed by atoms with van der Waals surface area (Å²) in [5, 5.41) is 0. The molecular formula is C12H11O3PTi4. The van der Waals surface area contributed by atoms with Crippen LogP contribution in [0.25, 0.3) is 0 Å². The molecule has 0 saturated carbocycles. The van der Waals surface area contributed by atoms with Gasteiger partial charge in [-0.05, 0) is 24.3 Å². The van der Waals surface area contributed by atoms with E-state index < -0.39 is 8.25 Å². The first-order valence-electron chi connectivity index (χ1n) is 4.84. The van der Waals surface area contributed by atoms with E-state index in [1.54, 1.807) is 24.3 Å². The van der Waals surface area contributed by atoms with E-state index in [4.69, 9.17) is 9.05 Å². The molecule has 20 heavy (non-hydrogen) atoms. The molecule has 0 aliphatic rings. The van der Waals surface area contributed by atoms with E-state index in [1.165, 1.54) is 0 Å². The van der Waals surface area contributed by atoms with Gasteiger partial charge >= 0.3 is 8.25 Å². The first-order valence-corrected chi connectivity index (χ1v) is 6.07. The number of para-hydroxylation sites is 2. The molecule has 2 aromatic rings. The molecule has 0 radical (unpaired) electrons. The summed E-state index contributed by atoms with van der Waals surface area (Å²) in [6, 6.07) is 17.9. The minimum absolute atomic E-state index is 0. The maximum Gasteiger partial charge on any atom is 0.418 e. The number of benzene rings is 2. The van der Waals surface area contributed by atoms with Gasteiger partial charge in [0, 0.05) is 86.9 Å². The van der Waals surface area contributed by atoms with Crippen LogP contribution in [0.3, 0.4) is 0 Å². The number of hydrogen-bond donors (Lipinski definition) is 0. The van der Waals surface area contributed by atoms with Gasteiger partial charge in [0.1, 0.15) is 11.5 Å². The van der Waals surface area contributed by atoms with Gasteiger partial charge in [-0.3, -0.25) is 0 Å². The normalized spacial score (nSPS) is 8.05. The molecule has 0 bridgehead atoms. The van der Waals surface area contributed by atoms with Crippen LogP contribution >= 0.6 is 8.25 Å². The minimum atomic E-state index is -2.54. The Morgan fingerprint density at radius 3 is 1.20 bits per heavy atom. The van der Waals surface area contributed by atoms with Crippen molar-refractivity contribution in [2.45, 2.75) is 0 Å². The molecule has 98 valence electrons. The first kappa shape index (κ1) is 26.0. The second-order valence-electron chi connectivity index (χ2n) is 3.08. The molecule has 0 spiro atoms. The summed E-state index contributed by atoms with van der Waals surface area (Å²) in [6.45, 7) is 0. The fourth-order valence-electron chi connectivity index (χ4n) is 1.19. The molecule has 8 heteroatoms. The summed E-state index contributed by atoms with van der Waals surface area (Å²) in [6.07, 6.45) is 0. The van der Waals surface area contributed by atoms with E-state index >= 15 is 0 Å². The Morgan fingerprint density at radius 2 is 0.900 bits per heavy atom. The summed E-state index contributed by atoms with van der Waals surface area (Å²) in [4.78, 5) is 0. The van der Waals surface area contributed by atoms with Crippen LogP contribution in [-0.4, -0.2) is 0 Å². The molecular weight excluding hydrogens is 415 g/mol. The van der Waals surface area contributed by atoms with Crippen molar-refractivity contribution < 1.29 is 100 Å². The summed E-state index contributed by atoms with van der Waals surface area (Å²) in [5.74, 6) is 1.09. The standard InChI is InChI=1S/C12H11O3P.4Ti/c13-16(14-11-7-3-1-4-8-11)15-12-9-5-2-6-10-12;;;;/h1-10,16H;;;;. The van der Waals surface area contributed by atoms with Crippen LogP contribution in [0.2, 0.25) is 0 Å². The molecule has 2 aromatic carbocycles. The van der Waals surface area contributed by atoms with Crippen LogP contribution in [0.5, 0.6) is 11.5 Å². The van der Waals surface area contributed by atoms with Gasteiger partial charge in [0.25, 0.3) is 0 Å². The van der Waals surface area contributed by atoms with E-state index in [2.05, 4.69) is 0 Å². The van der Waals surface area contributed by atoms with E-state index in [0.29, 0.717) is 11.5 Å². The molecule has 3 nitrogen and oxygen atoms in total. The van der Waals surface area contributed by atoms with Crippen molar-refractivity contribution in [1.29, 1.82) is 0 Å². The van der Waals surface area contributed by atoms with Gasteiger partial charge in [-0.2, -0.15) is 0 Å². The van der Waals surface area contributed by atoms with E-state index in [0.717, 1.165) is 0 Å². The second kappa shape index (κ2) is 15.0. The molecule has 0 aromatic heterocycles. The third-order valence-corrected chi connectivity index (χ3v) is 2.69. The molecule has 0 amide bonds. The Morgan fingerprint density at radius 1 is 0.600 bits per heavy atom. The smallest absolute Gasteiger partial charge is 0.418 e. The average molecular weight is 426 g/mol. The van der Waals surface area contributed by atoms with E-state index in [-0.39, 0.29) is 86.9 Å². The van der Waals surface area contributed by atoms with Crippen LogP contribution in [-0.2, 0) is 91.4 Å². The Kier molecular flexibility index (Phi) is 19.6. The molecule has 0 aliphatic heterocycles. The Hall–Kier alpha value is 1.13. The molecule has 0 unspecified atom stereocenters. The van der Waals surface area contributed by atoms with Gasteiger partial charge in [-0.1, -0.05) is 36.4 Å². The molecule has 0 N–H and O–H groups in total. The topological polar surface area (TPSA) is 35.5 Å². The summed E-state index contributed by atoms with van der Waals surface area (Å²) >= 11 is 0. The second-order valence-corrected chi connectivity index (χ2v) is 3.99. The maximum absolute atomic E-state index is 11.5. The van der Waals surface area contributed by atoms with Crippen molar-refractivity contribution in [2.75, 3.05) is 0 Å². The van der Waals surface area contributed by atoms with Gasteiger partial charge in [-0.15, -0.1) is 0 Å². The van der Waals surface area contributed by atoms with E-state index in [9.17, 15) is 4.57 Å². The first-order chi connectivity index (χ1) is 7.84. The zero-order valence-corrected chi connectivity index (χ0v) is 17.7. The molecule has 0 atom stereocenters. The Balaban J connectivity index is -0.000000722. The third-order valence-electron chi connectivity index (χ3n) is 1.89. The van der Waals surface area contributed by atoms with Crippen molar-refractivity contribution >= 4 is 8.25 Å². The molecule has 0 saturated heterocycles. The van der Waals surface area contributed by atoms with Crippen LogP contribution in [0.15, 0.2) is 60.7 Å². The van der Waals surface area contributed by atoms with Crippen LogP contribution in [0.1, 0.15) is 0 Å². The largest absolute Gasteiger partial charge is 0.418 e. The molecule has 0 heterocycles. The molecule has 0 fully saturated rings. The van der Waals surface area contributed by atoms with Crippen LogP contribution < -0.4 is 9.05 Å². The van der Waals surface area contributed by atoms with Crippen LogP contribution in [0.4, 0.5) is 0 Å². The van der Waals surface area contributed by atoms with Gasteiger partial charge in [0.2, 0.25) is 0 Å². The fourth-order valence-corrected chi connectivity index (χ4v) is 1.89. The monoisotopic (exact) mass is 426 g/mol. The summed E-state index contributed by atoms with van der Waals surface area (Å²) in [7, 11) is -2.54. The van der Waals surface area contributed by atoms with Gasteiger partial charge in [0.05, 0.1) is 0 Å². The minimum Gasteiger partial charge on any atom is -0.418 e. The summed E-state index contributed by atoms with van der Waals surface area (Å²) in [5.41, 5.74) is 0. The maximum atomic E-state index is 11.5. The number of rotatable bonds is 4. The predicted octanol–water partition coefficient (Wildman–Crippen LogP) is 3.52. The molecule has 2 rings (SSSR count). The third kappa shape index (κ3) is 9.95. The Bertz CT molecular complexity index is 427. The molecule has 0 aliphatic carbocycles. The van der Waals surface area contributed by atoms with E-state index in [1.807, 2.05) is 36.4 Å². The SMILES string of the molecule is O=[PH](Oc1ccccc1)Oc1ccccc1.[Ti].[Ti].[Ti].[Ti]. The van der Waals surface area contributed by atoms with Crippen molar-refractivity contribution in [2.24, 2.45) is 0 Å². The zero-order valence-electron chi connectivity index (χ0n) is 10.5. The quantitative estimate of drug-likeness (QED) is 0.555. The van der Waals surface area contributed by atoms with Gasteiger partial charge in [0.15, 0.2) is 0 Å². The fraction of sp³-hybridized carbons (Fsp3) is 0. The summed E-state index contributed by atoms with van der Waals surface area (Å²) < 4.78 is 21.8. The average Bonchev–Trinajstić information content (AvgIpc) is 2.31. The Labute approximate surface area is 179 Å². The predicted molar refractivity (Wildman–Crippen MR) is 63.1 cm³/mol.